The SMILES string of the molecule is CCn1c(-c2ccc(OCCNC=O)cc2)c(C#N)c2ccc(C)cc21. The molecule has 3 aromatic rings. The van der Waals surface area contributed by atoms with Gasteiger partial charge in [-0.1, -0.05) is 12.1 Å². The van der Waals surface area contributed by atoms with Crippen LogP contribution in [0.25, 0.3) is 22.2 Å². The first-order chi connectivity index (χ1) is 12.7. The van der Waals surface area contributed by atoms with Gasteiger partial charge in [0.25, 0.3) is 0 Å². The van der Waals surface area contributed by atoms with Crippen molar-refractivity contribution >= 4 is 17.3 Å². The quantitative estimate of drug-likeness (QED) is 0.524. The molecule has 26 heavy (non-hydrogen) atoms. The summed E-state index contributed by atoms with van der Waals surface area (Å²) in [6.07, 6.45) is 0.654. The summed E-state index contributed by atoms with van der Waals surface area (Å²) in [6, 6.07) is 16.3. The molecule has 1 heterocycles. The summed E-state index contributed by atoms with van der Waals surface area (Å²) in [5.41, 5.74) is 4.87. The van der Waals surface area contributed by atoms with Crippen molar-refractivity contribution in [2.75, 3.05) is 13.2 Å². The maximum absolute atomic E-state index is 10.2. The van der Waals surface area contributed by atoms with E-state index in [2.05, 4.69) is 35.9 Å². The van der Waals surface area contributed by atoms with Crippen molar-refractivity contribution in [3.05, 3.63) is 53.6 Å². The summed E-state index contributed by atoms with van der Waals surface area (Å²) in [6.45, 7) is 5.81. The smallest absolute Gasteiger partial charge is 0.207 e. The molecule has 0 saturated heterocycles. The third-order valence-corrected chi connectivity index (χ3v) is 4.37. The molecule has 1 N–H and O–H groups in total. The Bertz CT molecular complexity index is 966. The monoisotopic (exact) mass is 347 g/mol. The number of ether oxygens (including phenoxy) is 1. The number of rotatable bonds is 7. The number of aromatic nitrogens is 1. The Labute approximate surface area is 152 Å². The summed E-state index contributed by atoms with van der Waals surface area (Å²) in [7, 11) is 0. The van der Waals surface area contributed by atoms with E-state index in [9.17, 15) is 10.1 Å². The highest BCUT2D eigenvalue weighted by atomic mass is 16.5. The van der Waals surface area contributed by atoms with Crippen LogP contribution in [-0.4, -0.2) is 24.1 Å². The first-order valence-electron chi connectivity index (χ1n) is 8.62. The number of carbonyl (C=O) groups excluding carboxylic acids is 1. The number of nitrogens with zero attached hydrogens (tertiary/aromatic N) is 2. The molecule has 0 unspecified atom stereocenters. The number of hydrogen-bond acceptors (Lipinski definition) is 3. The lowest BCUT2D eigenvalue weighted by Crippen LogP contribution is -2.18. The Morgan fingerprint density at radius 1 is 1.23 bits per heavy atom. The van der Waals surface area contributed by atoms with Crippen LogP contribution in [0.2, 0.25) is 0 Å². The van der Waals surface area contributed by atoms with Crippen LogP contribution >= 0.6 is 0 Å². The number of carbonyl (C=O) groups is 1. The van der Waals surface area contributed by atoms with Crippen LogP contribution < -0.4 is 10.1 Å². The molecule has 0 saturated carbocycles. The van der Waals surface area contributed by atoms with Gasteiger partial charge in [-0.2, -0.15) is 5.26 Å². The van der Waals surface area contributed by atoms with Gasteiger partial charge in [-0.05, 0) is 55.3 Å². The van der Waals surface area contributed by atoms with Gasteiger partial charge in [0.1, 0.15) is 18.4 Å². The lowest BCUT2D eigenvalue weighted by Gasteiger charge is -2.10. The minimum absolute atomic E-state index is 0.413. The van der Waals surface area contributed by atoms with E-state index in [1.165, 1.54) is 5.56 Å². The van der Waals surface area contributed by atoms with Crippen molar-refractivity contribution in [2.45, 2.75) is 20.4 Å². The van der Waals surface area contributed by atoms with Gasteiger partial charge in [-0.25, -0.2) is 0 Å². The van der Waals surface area contributed by atoms with Gasteiger partial charge < -0.3 is 14.6 Å². The van der Waals surface area contributed by atoms with Crippen LogP contribution in [0.15, 0.2) is 42.5 Å². The largest absolute Gasteiger partial charge is 0.492 e. The molecule has 2 aromatic carbocycles. The molecule has 5 nitrogen and oxygen atoms in total. The Hall–Kier alpha value is -3.26. The van der Waals surface area contributed by atoms with Crippen molar-refractivity contribution in [2.24, 2.45) is 0 Å². The van der Waals surface area contributed by atoms with E-state index in [1.807, 2.05) is 36.4 Å². The molecule has 132 valence electrons. The Morgan fingerprint density at radius 3 is 2.65 bits per heavy atom. The number of benzene rings is 2. The number of fused-ring (bicyclic) bond motifs is 1. The number of amides is 1. The first-order valence-corrected chi connectivity index (χ1v) is 8.62. The van der Waals surface area contributed by atoms with Gasteiger partial charge in [0, 0.05) is 11.9 Å². The molecule has 1 aromatic heterocycles. The maximum Gasteiger partial charge on any atom is 0.207 e. The molecular weight excluding hydrogens is 326 g/mol. The Morgan fingerprint density at radius 2 is 2.00 bits per heavy atom. The van der Waals surface area contributed by atoms with Crippen LogP contribution in [0.1, 0.15) is 18.1 Å². The van der Waals surface area contributed by atoms with Crippen molar-refractivity contribution in [3.8, 4) is 23.1 Å². The van der Waals surface area contributed by atoms with Gasteiger partial charge in [0.15, 0.2) is 0 Å². The lowest BCUT2D eigenvalue weighted by atomic mass is 10.1. The second kappa shape index (κ2) is 7.75. The summed E-state index contributed by atoms with van der Waals surface area (Å²) in [5.74, 6) is 0.731. The standard InChI is InChI=1S/C21H21N3O2/c1-3-24-20-12-15(2)4-9-18(20)19(13-22)21(24)16-5-7-17(8-6-16)26-11-10-23-14-25/h4-9,12,14H,3,10-11H2,1-2H3,(H,23,25). The van der Waals surface area contributed by atoms with Crippen LogP contribution in [0.5, 0.6) is 5.75 Å². The van der Waals surface area contributed by atoms with E-state index in [-0.39, 0.29) is 0 Å². The molecule has 3 rings (SSSR count). The molecule has 0 aliphatic heterocycles. The van der Waals surface area contributed by atoms with E-state index < -0.39 is 0 Å². The summed E-state index contributed by atoms with van der Waals surface area (Å²) >= 11 is 0. The average molecular weight is 347 g/mol. The van der Waals surface area contributed by atoms with E-state index >= 15 is 0 Å². The number of nitriles is 1. The zero-order valence-electron chi connectivity index (χ0n) is 15.0. The molecule has 0 spiro atoms. The van der Waals surface area contributed by atoms with Crippen LogP contribution in [-0.2, 0) is 11.3 Å². The van der Waals surface area contributed by atoms with Gasteiger partial charge in [0.2, 0.25) is 6.41 Å². The van der Waals surface area contributed by atoms with Gasteiger partial charge in [-0.3, -0.25) is 4.79 Å². The van der Waals surface area contributed by atoms with Gasteiger partial charge in [0.05, 0.1) is 23.3 Å². The van der Waals surface area contributed by atoms with Gasteiger partial charge in [-0.15, -0.1) is 0 Å². The molecule has 0 fully saturated rings. The minimum atomic E-state index is 0.413. The van der Waals surface area contributed by atoms with Crippen molar-refractivity contribution < 1.29 is 9.53 Å². The normalized spacial score (nSPS) is 10.5. The predicted molar refractivity (Wildman–Crippen MR) is 102 cm³/mol. The third kappa shape index (κ3) is 3.27. The van der Waals surface area contributed by atoms with E-state index in [0.29, 0.717) is 25.1 Å². The van der Waals surface area contributed by atoms with Crippen molar-refractivity contribution in [1.29, 1.82) is 5.26 Å². The highest BCUT2D eigenvalue weighted by Crippen LogP contribution is 2.34. The second-order valence-electron chi connectivity index (χ2n) is 6.05. The van der Waals surface area contributed by atoms with Crippen LogP contribution in [0, 0.1) is 18.3 Å². The fourth-order valence-electron chi connectivity index (χ4n) is 3.20. The highest BCUT2D eigenvalue weighted by molar-refractivity contribution is 5.94. The minimum Gasteiger partial charge on any atom is -0.492 e. The summed E-state index contributed by atoms with van der Waals surface area (Å²) in [4.78, 5) is 10.2. The molecule has 0 aliphatic carbocycles. The lowest BCUT2D eigenvalue weighted by molar-refractivity contribution is -0.109. The number of nitrogens with one attached hydrogen (secondary N) is 1. The molecular formula is C21H21N3O2. The van der Waals surface area contributed by atoms with Crippen LogP contribution in [0.3, 0.4) is 0 Å². The molecule has 5 heteroatoms. The zero-order chi connectivity index (χ0) is 18.5. The number of aryl methyl sites for hydroxylation is 2. The molecule has 0 bridgehead atoms. The van der Waals surface area contributed by atoms with E-state index in [0.717, 1.165) is 34.5 Å². The van der Waals surface area contributed by atoms with Crippen molar-refractivity contribution in [3.63, 3.8) is 0 Å². The molecule has 0 radical (unpaired) electrons. The molecule has 0 atom stereocenters. The topological polar surface area (TPSA) is 67.0 Å². The second-order valence-corrected chi connectivity index (χ2v) is 6.05. The zero-order valence-corrected chi connectivity index (χ0v) is 15.0. The third-order valence-electron chi connectivity index (χ3n) is 4.37. The van der Waals surface area contributed by atoms with E-state index in [4.69, 9.17) is 4.74 Å². The summed E-state index contributed by atoms with van der Waals surface area (Å²) in [5, 5.41) is 13.3. The van der Waals surface area contributed by atoms with Gasteiger partial charge >= 0.3 is 0 Å². The Balaban J connectivity index is 1.99. The fraction of sp³-hybridized carbons (Fsp3) is 0.238. The molecule has 0 aliphatic rings. The fourth-order valence-corrected chi connectivity index (χ4v) is 3.20. The maximum atomic E-state index is 10.2. The Kier molecular flexibility index (Phi) is 5.23. The van der Waals surface area contributed by atoms with E-state index in [1.54, 1.807) is 0 Å². The average Bonchev–Trinajstić information content (AvgIpc) is 2.98. The molecule has 1 amide bonds. The summed E-state index contributed by atoms with van der Waals surface area (Å²) < 4.78 is 7.78. The van der Waals surface area contributed by atoms with Crippen LogP contribution in [0.4, 0.5) is 0 Å². The predicted octanol–water partition coefficient (Wildman–Crippen LogP) is 3.63. The first kappa shape index (κ1) is 17.6. The van der Waals surface area contributed by atoms with Crippen molar-refractivity contribution in [1.82, 2.24) is 9.88 Å². The number of hydrogen-bond donors (Lipinski definition) is 1. The highest BCUT2D eigenvalue weighted by Gasteiger charge is 2.17.